The number of nitro groups is 1. The number of nitrogens with one attached hydrogen (secondary N) is 1. The van der Waals surface area contributed by atoms with Gasteiger partial charge in [-0.15, -0.1) is 5.10 Å². The van der Waals surface area contributed by atoms with Gasteiger partial charge >= 0.3 is 6.09 Å². The number of carbonyl (C=O) groups is 1. The Hall–Kier alpha value is -4.18. The van der Waals surface area contributed by atoms with E-state index >= 15 is 0 Å². The van der Waals surface area contributed by atoms with Crippen molar-refractivity contribution in [3.63, 3.8) is 0 Å². The van der Waals surface area contributed by atoms with E-state index in [1.165, 1.54) is 22.9 Å². The van der Waals surface area contributed by atoms with Gasteiger partial charge in [-0.2, -0.15) is 0 Å². The normalized spacial score (nSPS) is 13.2. The monoisotopic (exact) mass is 473 g/mol. The Kier molecular flexibility index (Phi) is 5.50. The van der Waals surface area contributed by atoms with Crippen molar-refractivity contribution in [3.05, 3.63) is 88.0 Å². The summed E-state index contributed by atoms with van der Waals surface area (Å²) in [4.78, 5) is 23.4. The minimum atomic E-state index is -0.630. The van der Waals surface area contributed by atoms with Gasteiger partial charge in [0.15, 0.2) is 0 Å². The Balaban J connectivity index is 1.28. The smallest absolute Gasteiger partial charge is 0.407 e. The SMILES string of the molecule is C[C@H](NC(=O)OCC1c2ccccc2-c2ccccc21)C(=S)n1nnc2ccc([N+](=O)[O-])cc21. The van der Waals surface area contributed by atoms with Crippen molar-refractivity contribution in [2.24, 2.45) is 0 Å². The van der Waals surface area contributed by atoms with Gasteiger partial charge in [-0.25, -0.2) is 9.48 Å². The van der Waals surface area contributed by atoms with Crippen LogP contribution >= 0.6 is 12.2 Å². The molecule has 0 unspecified atom stereocenters. The third kappa shape index (κ3) is 3.77. The summed E-state index contributed by atoms with van der Waals surface area (Å²) in [7, 11) is 0. The van der Waals surface area contributed by atoms with Crippen LogP contribution in [0.25, 0.3) is 22.2 Å². The number of nitrogens with zero attached hydrogens (tertiary/aromatic N) is 4. The van der Waals surface area contributed by atoms with Gasteiger partial charge in [0.05, 0.1) is 11.0 Å². The van der Waals surface area contributed by atoms with E-state index < -0.39 is 17.1 Å². The Morgan fingerprint density at radius 2 is 1.79 bits per heavy atom. The van der Waals surface area contributed by atoms with Crippen molar-refractivity contribution >= 4 is 40.0 Å². The maximum absolute atomic E-state index is 12.6. The molecular formula is C24H19N5O4S. The topological polar surface area (TPSA) is 112 Å². The number of thiocarbonyl (C=S) groups is 1. The lowest BCUT2D eigenvalue weighted by Crippen LogP contribution is -2.41. The molecule has 0 radical (unpaired) electrons. The van der Waals surface area contributed by atoms with Crippen LogP contribution in [0.2, 0.25) is 0 Å². The fourth-order valence-electron chi connectivity index (χ4n) is 4.25. The number of non-ortho nitro benzene ring substituents is 1. The summed E-state index contributed by atoms with van der Waals surface area (Å²) in [5, 5.41) is 21.8. The molecule has 1 heterocycles. The Morgan fingerprint density at radius 3 is 2.44 bits per heavy atom. The van der Waals surface area contributed by atoms with Gasteiger partial charge in [0.1, 0.15) is 22.6 Å². The highest BCUT2D eigenvalue weighted by atomic mass is 32.1. The van der Waals surface area contributed by atoms with Gasteiger partial charge in [0, 0.05) is 18.1 Å². The molecule has 0 saturated heterocycles. The van der Waals surface area contributed by atoms with E-state index in [9.17, 15) is 14.9 Å². The number of carbonyl (C=O) groups excluding carboxylic acids is 1. The van der Waals surface area contributed by atoms with Crippen LogP contribution in [-0.4, -0.2) is 43.6 Å². The number of nitro benzene ring substituents is 1. The number of alkyl carbamates (subject to hydrolysis) is 1. The quantitative estimate of drug-likeness (QED) is 0.259. The van der Waals surface area contributed by atoms with E-state index in [1.54, 1.807) is 6.92 Å². The summed E-state index contributed by atoms with van der Waals surface area (Å²) in [5.41, 5.74) is 5.28. The van der Waals surface area contributed by atoms with E-state index in [4.69, 9.17) is 17.0 Å². The first-order chi connectivity index (χ1) is 16.4. The number of amides is 1. The number of hydrogen-bond donors (Lipinski definition) is 1. The van der Waals surface area contributed by atoms with Crippen molar-refractivity contribution in [3.8, 4) is 11.1 Å². The molecule has 10 heteroatoms. The molecule has 1 amide bonds. The van der Waals surface area contributed by atoms with E-state index in [-0.39, 0.29) is 23.2 Å². The molecule has 0 fully saturated rings. The van der Waals surface area contributed by atoms with Crippen LogP contribution < -0.4 is 5.32 Å². The van der Waals surface area contributed by atoms with Crippen LogP contribution in [0, 0.1) is 10.1 Å². The minimum Gasteiger partial charge on any atom is -0.449 e. The molecule has 0 bridgehead atoms. The Bertz CT molecular complexity index is 1400. The first-order valence-electron chi connectivity index (χ1n) is 10.6. The number of fused-ring (bicyclic) bond motifs is 4. The Morgan fingerprint density at radius 1 is 1.15 bits per heavy atom. The van der Waals surface area contributed by atoms with Gasteiger partial charge in [-0.1, -0.05) is 66.0 Å². The van der Waals surface area contributed by atoms with Gasteiger partial charge in [0.2, 0.25) is 0 Å². The molecule has 4 aromatic rings. The number of benzene rings is 3. The zero-order chi connectivity index (χ0) is 23.8. The maximum Gasteiger partial charge on any atom is 0.407 e. The van der Waals surface area contributed by atoms with Crippen LogP contribution in [0.1, 0.15) is 24.0 Å². The van der Waals surface area contributed by atoms with Crippen LogP contribution in [0.5, 0.6) is 0 Å². The average molecular weight is 474 g/mol. The van der Waals surface area contributed by atoms with Gasteiger partial charge < -0.3 is 10.1 Å². The highest BCUT2D eigenvalue weighted by Crippen LogP contribution is 2.44. The molecule has 1 aromatic heterocycles. The zero-order valence-electron chi connectivity index (χ0n) is 18.0. The highest BCUT2D eigenvalue weighted by molar-refractivity contribution is 7.80. The minimum absolute atomic E-state index is 0.0554. The number of rotatable bonds is 5. The van der Waals surface area contributed by atoms with Crippen molar-refractivity contribution < 1.29 is 14.5 Å². The molecule has 5 rings (SSSR count). The molecule has 9 nitrogen and oxygen atoms in total. The second-order valence-electron chi connectivity index (χ2n) is 7.96. The predicted octanol–water partition coefficient (Wildman–Crippen LogP) is 4.44. The highest BCUT2D eigenvalue weighted by Gasteiger charge is 2.29. The van der Waals surface area contributed by atoms with Gasteiger partial charge in [-0.3, -0.25) is 10.1 Å². The lowest BCUT2D eigenvalue weighted by atomic mass is 9.98. The van der Waals surface area contributed by atoms with Gasteiger partial charge in [-0.05, 0) is 35.2 Å². The van der Waals surface area contributed by atoms with E-state index in [1.807, 2.05) is 36.4 Å². The summed E-state index contributed by atoms with van der Waals surface area (Å²) in [6.45, 7) is 1.87. The van der Waals surface area contributed by atoms with Crippen molar-refractivity contribution in [1.82, 2.24) is 20.3 Å². The van der Waals surface area contributed by atoms with E-state index in [0.717, 1.165) is 22.3 Å². The molecule has 0 aliphatic heterocycles. The fraction of sp³-hybridized carbons (Fsp3) is 0.167. The first kappa shape index (κ1) is 21.7. The molecule has 3 aromatic carbocycles. The van der Waals surface area contributed by atoms with Gasteiger partial charge in [0.25, 0.3) is 5.69 Å². The largest absolute Gasteiger partial charge is 0.449 e. The van der Waals surface area contributed by atoms with Crippen LogP contribution in [0.15, 0.2) is 66.7 Å². The summed E-state index contributed by atoms with van der Waals surface area (Å²) in [6, 6.07) is 19.8. The molecule has 0 spiro atoms. The predicted molar refractivity (Wildman–Crippen MR) is 130 cm³/mol. The van der Waals surface area contributed by atoms with Crippen LogP contribution in [0.3, 0.4) is 0 Å². The molecule has 1 aliphatic carbocycles. The number of ether oxygens (including phenoxy) is 1. The summed E-state index contributed by atoms with van der Waals surface area (Å²) >= 11 is 5.47. The van der Waals surface area contributed by atoms with E-state index in [2.05, 4.69) is 27.8 Å². The molecule has 170 valence electrons. The second kappa shape index (κ2) is 8.64. The summed E-state index contributed by atoms with van der Waals surface area (Å²) in [6.07, 6.45) is -0.618. The number of hydrogen-bond acceptors (Lipinski definition) is 7. The van der Waals surface area contributed by atoms with Crippen LogP contribution in [0.4, 0.5) is 10.5 Å². The van der Waals surface area contributed by atoms with Crippen molar-refractivity contribution in [1.29, 1.82) is 0 Å². The maximum atomic E-state index is 12.6. The standard InChI is InChI=1S/C24H19N5O4S/c1-14(23(34)28-22-12-15(29(31)32)10-11-21(22)26-27-28)25-24(30)33-13-20-18-8-4-2-6-16(18)17-7-3-5-9-19(17)20/h2-12,14,20H,13H2,1H3,(H,25,30)/t14-/m0/s1. The lowest BCUT2D eigenvalue weighted by Gasteiger charge is -2.18. The Labute approximate surface area is 199 Å². The molecular weight excluding hydrogens is 454 g/mol. The molecule has 1 atom stereocenters. The molecule has 1 N–H and O–H groups in total. The molecule has 34 heavy (non-hydrogen) atoms. The first-order valence-corrected chi connectivity index (χ1v) is 11.0. The van der Waals surface area contributed by atoms with Crippen molar-refractivity contribution in [2.75, 3.05) is 6.61 Å². The lowest BCUT2D eigenvalue weighted by molar-refractivity contribution is -0.384. The molecule has 0 saturated carbocycles. The summed E-state index contributed by atoms with van der Waals surface area (Å²) in [5.74, 6) is -0.0554. The van der Waals surface area contributed by atoms with Crippen molar-refractivity contribution in [2.45, 2.75) is 18.9 Å². The molecule has 1 aliphatic rings. The second-order valence-corrected chi connectivity index (χ2v) is 8.38. The number of aromatic nitrogens is 3. The summed E-state index contributed by atoms with van der Waals surface area (Å²) < 4.78 is 6.88. The van der Waals surface area contributed by atoms with E-state index in [0.29, 0.717) is 11.0 Å². The third-order valence-corrected chi connectivity index (χ3v) is 6.42. The van der Waals surface area contributed by atoms with Crippen LogP contribution in [-0.2, 0) is 4.74 Å². The zero-order valence-corrected chi connectivity index (χ0v) is 18.9. The fourth-order valence-corrected chi connectivity index (χ4v) is 4.44. The third-order valence-electron chi connectivity index (χ3n) is 5.90. The average Bonchev–Trinajstić information content (AvgIpc) is 3.41.